The number of ether oxygens (including phenoxy) is 2. The van der Waals surface area contributed by atoms with Gasteiger partial charge >= 0.3 is 0 Å². The molecule has 0 unspecified atom stereocenters. The zero-order chi connectivity index (χ0) is 19.4. The highest BCUT2D eigenvalue weighted by Crippen LogP contribution is 2.35. The first-order valence-electron chi connectivity index (χ1n) is 7.81. The van der Waals surface area contributed by atoms with Crippen molar-refractivity contribution in [3.8, 4) is 11.5 Å². The van der Waals surface area contributed by atoms with E-state index in [1.54, 1.807) is 50.6 Å². The van der Waals surface area contributed by atoms with Crippen LogP contribution in [0, 0.1) is 5.82 Å². The van der Waals surface area contributed by atoms with Gasteiger partial charge in [-0.25, -0.2) is 4.39 Å². The van der Waals surface area contributed by atoms with Crippen LogP contribution in [0.1, 0.15) is 11.1 Å². The quantitative estimate of drug-likeness (QED) is 0.429. The van der Waals surface area contributed by atoms with Crippen molar-refractivity contribution in [3.63, 3.8) is 0 Å². The number of benzene rings is 2. The lowest BCUT2D eigenvalue weighted by molar-refractivity contribution is -0.122. The highest BCUT2D eigenvalue weighted by molar-refractivity contribution is 8.26. The third-order valence-electron chi connectivity index (χ3n) is 3.69. The number of amides is 1. The van der Waals surface area contributed by atoms with Crippen LogP contribution in [-0.2, 0) is 4.79 Å². The predicted octanol–water partition coefficient (Wildman–Crippen LogP) is 4.08. The zero-order valence-electron chi connectivity index (χ0n) is 14.5. The molecule has 0 saturated carbocycles. The van der Waals surface area contributed by atoms with E-state index in [1.165, 1.54) is 18.3 Å². The molecule has 0 N–H and O–H groups in total. The zero-order valence-corrected chi connectivity index (χ0v) is 16.1. The average molecular weight is 402 g/mol. The van der Waals surface area contributed by atoms with Crippen molar-refractivity contribution in [2.45, 2.75) is 0 Å². The first kappa shape index (κ1) is 19.1. The Hall–Kier alpha value is -2.71. The minimum atomic E-state index is -0.339. The van der Waals surface area contributed by atoms with Gasteiger partial charge in [-0.2, -0.15) is 10.1 Å². The molecule has 1 fully saturated rings. The van der Waals surface area contributed by atoms with Crippen LogP contribution in [0.2, 0.25) is 0 Å². The van der Waals surface area contributed by atoms with E-state index in [0.29, 0.717) is 26.3 Å². The van der Waals surface area contributed by atoms with E-state index >= 15 is 0 Å². The number of hydrazone groups is 1. The maximum absolute atomic E-state index is 13.0. The maximum atomic E-state index is 13.0. The number of rotatable bonds is 5. The molecule has 3 rings (SSSR count). The van der Waals surface area contributed by atoms with Crippen LogP contribution in [0.15, 0.2) is 52.5 Å². The summed E-state index contributed by atoms with van der Waals surface area (Å²) in [4.78, 5) is 13.1. The lowest BCUT2D eigenvalue weighted by Gasteiger charge is -2.08. The van der Waals surface area contributed by atoms with Crippen molar-refractivity contribution in [2.24, 2.45) is 5.10 Å². The third kappa shape index (κ3) is 4.35. The van der Waals surface area contributed by atoms with E-state index in [0.717, 1.165) is 22.3 Å². The Morgan fingerprint density at radius 2 is 1.89 bits per heavy atom. The molecule has 138 valence electrons. The van der Waals surface area contributed by atoms with E-state index in [2.05, 4.69) is 5.10 Å². The summed E-state index contributed by atoms with van der Waals surface area (Å²) in [5.41, 5.74) is 1.38. The SMILES string of the molecule is COc1ccc(/C=C2/SC(=S)N(/N=C/c3ccc(F)cc3)C2=O)c(OC)c1. The Balaban J connectivity index is 1.83. The van der Waals surface area contributed by atoms with Gasteiger partial charge in [-0.1, -0.05) is 23.9 Å². The van der Waals surface area contributed by atoms with Gasteiger partial charge in [0.1, 0.15) is 17.3 Å². The molecule has 1 saturated heterocycles. The summed E-state index contributed by atoms with van der Waals surface area (Å²) in [7, 11) is 3.11. The van der Waals surface area contributed by atoms with Gasteiger partial charge in [0.15, 0.2) is 4.32 Å². The van der Waals surface area contributed by atoms with Gasteiger partial charge < -0.3 is 9.47 Å². The lowest BCUT2D eigenvalue weighted by atomic mass is 10.1. The van der Waals surface area contributed by atoms with E-state index in [4.69, 9.17) is 21.7 Å². The number of methoxy groups -OCH3 is 2. The van der Waals surface area contributed by atoms with Gasteiger partial charge in [-0.05, 0) is 48.1 Å². The molecule has 0 spiro atoms. The molecule has 0 aromatic heterocycles. The number of thioether (sulfide) groups is 1. The Bertz CT molecular complexity index is 942. The van der Waals surface area contributed by atoms with Crippen LogP contribution >= 0.6 is 24.0 Å². The van der Waals surface area contributed by atoms with Crippen LogP contribution < -0.4 is 9.47 Å². The molecular weight excluding hydrogens is 387 g/mol. The molecule has 2 aromatic rings. The predicted molar refractivity (Wildman–Crippen MR) is 109 cm³/mol. The monoisotopic (exact) mass is 402 g/mol. The smallest absolute Gasteiger partial charge is 0.286 e. The summed E-state index contributed by atoms with van der Waals surface area (Å²) >= 11 is 6.40. The fourth-order valence-electron chi connectivity index (χ4n) is 2.31. The average Bonchev–Trinajstić information content (AvgIpc) is 2.94. The molecule has 0 bridgehead atoms. The Morgan fingerprint density at radius 1 is 1.15 bits per heavy atom. The highest BCUT2D eigenvalue weighted by Gasteiger charge is 2.32. The standard InChI is InChI=1S/C19H15FN2O3S2/c1-24-15-8-5-13(16(10-15)25-2)9-17-18(23)22(19(26)27-17)21-11-12-3-6-14(20)7-4-12/h3-11H,1-2H3/b17-9+,21-11+. The van der Waals surface area contributed by atoms with Crippen LogP contribution in [0.4, 0.5) is 4.39 Å². The van der Waals surface area contributed by atoms with Crippen molar-refractivity contribution in [2.75, 3.05) is 14.2 Å². The fourth-order valence-corrected chi connectivity index (χ4v) is 3.47. The van der Waals surface area contributed by atoms with Crippen LogP contribution in [-0.4, -0.2) is 35.7 Å². The number of hydrogen-bond donors (Lipinski definition) is 0. The molecule has 8 heteroatoms. The summed E-state index contributed by atoms with van der Waals surface area (Å²) in [6, 6.07) is 11.1. The molecule has 5 nitrogen and oxygen atoms in total. The summed E-state index contributed by atoms with van der Waals surface area (Å²) in [5, 5.41) is 5.27. The van der Waals surface area contributed by atoms with Crippen molar-refractivity contribution < 1.29 is 18.7 Å². The van der Waals surface area contributed by atoms with Crippen LogP contribution in [0.25, 0.3) is 6.08 Å². The van der Waals surface area contributed by atoms with Gasteiger partial charge in [0.05, 0.1) is 25.3 Å². The van der Waals surface area contributed by atoms with E-state index < -0.39 is 0 Å². The molecule has 1 heterocycles. The Labute approximate surface area is 165 Å². The molecule has 1 aliphatic heterocycles. The molecular formula is C19H15FN2O3S2. The molecule has 0 atom stereocenters. The van der Waals surface area contributed by atoms with Crippen molar-refractivity contribution in [3.05, 3.63) is 64.3 Å². The fraction of sp³-hybridized carbons (Fsp3) is 0.105. The first-order chi connectivity index (χ1) is 13.0. The number of carbonyl (C=O) groups is 1. The molecule has 1 aliphatic rings. The van der Waals surface area contributed by atoms with Crippen molar-refractivity contribution >= 4 is 46.5 Å². The Morgan fingerprint density at radius 3 is 2.56 bits per heavy atom. The molecule has 2 aromatic carbocycles. The second-order valence-corrected chi connectivity index (χ2v) is 7.07. The van der Waals surface area contributed by atoms with Gasteiger partial charge in [-0.15, -0.1) is 0 Å². The first-order valence-corrected chi connectivity index (χ1v) is 9.04. The van der Waals surface area contributed by atoms with E-state index in [-0.39, 0.29) is 11.7 Å². The van der Waals surface area contributed by atoms with Gasteiger partial charge in [0.2, 0.25) is 0 Å². The summed E-state index contributed by atoms with van der Waals surface area (Å²) in [6.45, 7) is 0. The summed E-state index contributed by atoms with van der Waals surface area (Å²) in [6.07, 6.45) is 3.16. The van der Waals surface area contributed by atoms with Gasteiger partial charge in [0.25, 0.3) is 5.91 Å². The second-order valence-electron chi connectivity index (χ2n) is 5.40. The number of carbonyl (C=O) groups excluding carboxylic acids is 1. The topological polar surface area (TPSA) is 51.1 Å². The normalized spacial score (nSPS) is 15.8. The van der Waals surface area contributed by atoms with Crippen molar-refractivity contribution in [1.82, 2.24) is 5.01 Å². The molecule has 0 radical (unpaired) electrons. The minimum Gasteiger partial charge on any atom is -0.497 e. The summed E-state index contributed by atoms with van der Waals surface area (Å²) < 4.78 is 23.8. The maximum Gasteiger partial charge on any atom is 0.286 e. The van der Waals surface area contributed by atoms with Crippen LogP contribution in [0.5, 0.6) is 11.5 Å². The van der Waals surface area contributed by atoms with E-state index in [9.17, 15) is 9.18 Å². The Kier molecular flexibility index (Phi) is 5.88. The number of hydrogen-bond acceptors (Lipinski definition) is 6. The molecule has 27 heavy (non-hydrogen) atoms. The largest absolute Gasteiger partial charge is 0.497 e. The number of nitrogens with zero attached hydrogens (tertiary/aromatic N) is 2. The number of halogens is 1. The van der Waals surface area contributed by atoms with Crippen molar-refractivity contribution in [1.29, 1.82) is 0 Å². The number of thiocarbonyl (C=S) groups is 1. The molecule has 1 amide bonds. The molecule has 0 aliphatic carbocycles. The third-order valence-corrected chi connectivity index (χ3v) is 4.98. The summed E-state index contributed by atoms with van der Waals surface area (Å²) in [5.74, 6) is 0.560. The van der Waals surface area contributed by atoms with E-state index in [1.807, 2.05) is 0 Å². The van der Waals surface area contributed by atoms with Gasteiger partial charge in [0, 0.05) is 11.6 Å². The van der Waals surface area contributed by atoms with Crippen LogP contribution in [0.3, 0.4) is 0 Å². The van der Waals surface area contributed by atoms with Gasteiger partial charge in [-0.3, -0.25) is 4.79 Å². The lowest BCUT2D eigenvalue weighted by Crippen LogP contribution is -2.22. The highest BCUT2D eigenvalue weighted by atomic mass is 32.2. The minimum absolute atomic E-state index is 0.317. The second kappa shape index (κ2) is 8.32.